The quantitative estimate of drug-likeness (QED) is 0.647. The maximum Gasteiger partial charge on any atom is 0.344 e. The summed E-state index contributed by atoms with van der Waals surface area (Å²) in [5, 5.41) is 7.90. The van der Waals surface area contributed by atoms with Crippen molar-refractivity contribution in [1.29, 1.82) is 0 Å². The van der Waals surface area contributed by atoms with Gasteiger partial charge < -0.3 is 13.9 Å². The minimum Gasteiger partial charge on any atom is -0.482 e. The second-order valence-electron chi connectivity index (χ2n) is 5.05. The maximum atomic E-state index is 11.8. The minimum atomic E-state index is -0.651. The molecule has 0 aliphatic rings. The molecule has 2 aromatic carbocycles. The summed E-state index contributed by atoms with van der Waals surface area (Å²) >= 11 is 0. The molecule has 1 atom stereocenters. The van der Waals surface area contributed by atoms with Gasteiger partial charge >= 0.3 is 5.97 Å². The van der Waals surface area contributed by atoms with Crippen LogP contribution in [0, 0.1) is 0 Å². The van der Waals surface area contributed by atoms with E-state index in [0.29, 0.717) is 11.6 Å². The average molecular weight is 324 g/mol. The Morgan fingerprint density at radius 1 is 1.04 bits per heavy atom. The van der Waals surface area contributed by atoms with Gasteiger partial charge in [0.05, 0.1) is 0 Å². The molecule has 0 saturated carbocycles. The van der Waals surface area contributed by atoms with Gasteiger partial charge in [-0.05, 0) is 31.2 Å². The summed E-state index contributed by atoms with van der Waals surface area (Å²) in [4.78, 5) is 11.8. The summed E-state index contributed by atoms with van der Waals surface area (Å²) in [6.07, 6.45) is -0.651. The van der Waals surface area contributed by atoms with Crippen molar-refractivity contribution in [2.24, 2.45) is 0 Å². The van der Waals surface area contributed by atoms with Crippen molar-refractivity contribution in [1.82, 2.24) is 10.2 Å². The number of carbonyl (C=O) groups excluding carboxylic acids is 1. The normalized spacial score (nSPS) is 11.7. The van der Waals surface area contributed by atoms with Gasteiger partial charge in [0.25, 0.3) is 5.89 Å². The third kappa shape index (κ3) is 3.98. The van der Waals surface area contributed by atoms with E-state index in [9.17, 15) is 4.79 Å². The van der Waals surface area contributed by atoms with Crippen LogP contribution in [0.2, 0.25) is 0 Å². The Morgan fingerprint density at radius 2 is 1.71 bits per heavy atom. The number of carbonyl (C=O) groups is 1. The highest BCUT2D eigenvalue weighted by molar-refractivity contribution is 5.71. The first-order chi connectivity index (χ1) is 11.7. The Bertz CT molecular complexity index is 787. The van der Waals surface area contributed by atoms with Crippen LogP contribution in [-0.2, 0) is 9.53 Å². The zero-order valence-electron chi connectivity index (χ0n) is 13.1. The van der Waals surface area contributed by atoms with E-state index in [2.05, 4.69) is 10.2 Å². The molecule has 122 valence electrons. The van der Waals surface area contributed by atoms with Crippen molar-refractivity contribution in [2.75, 3.05) is 6.61 Å². The van der Waals surface area contributed by atoms with Crippen molar-refractivity contribution < 1.29 is 18.7 Å². The summed E-state index contributed by atoms with van der Waals surface area (Å²) in [5.74, 6) is 0.716. The second-order valence-corrected chi connectivity index (χ2v) is 5.05. The maximum absolute atomic E-state index is 11.8. The number of aromatic nitrogens is 2. The number of benzene rings is 2. The monoisotopic (exact) mass is 324 g/mol. The Kier molecular flexibility index (Phi) is 4.86. The van der Waals surface area contributed by atoms with E-state index in [1.165, 1.54) is 0 Å². The molecule has 0 saturated heterocycles. The standard InChI is InChI=1S/C18H16N2O4/c1-13(23-16(21)12-22-15-10-6-3-7-11-15)17-19-20-18(24-17)14-8-4-2-5-9-14/h2-11,13H,12H2,1H3/t13-/m1/s1. The smallest absolute Gasteiger partial charge is 0.344 e. The molecule has 0 N–H and O–H groups in total. The lowest BCUT2D eigenvalue weighted by molar-refractivity contribution is -0.152. The molecule has 1 heterocycles. The summed E-state index contributed by atoms with van der Waals surface area (Å²) in [6.45, 7) is 1.48. The highest BCUT2D eigenvalue weighted by atomic mass is 16.6. The first-order valence-electron chi connectivity index (χ1n) is 7.48. The lowest BCUT2D eigenvalue weighted by atomic mass is 10.2. The molecule has 0 fully saturated rings. The fourth-order valence-electron chi connectivity index (χ4n) is 2.04. The van der Waals surface area contributed by atoms with Gasteiger partial charge in [-0.2, -0.15) is 0 Å². The third-order valence-electron chi connectivity index (χ3n) is 3.22. The molecule has 1 aromatic heterocycles. The highest BCUT2D eigenvalue weighted by Crippen LogP contribution is 2.22. The van der Waals surface area contributed by atoms with Crippen LogP contribution in [-0.4, -0.2) is 22.8 Å². The molecule has 3 aromatic rings. The second kappa shape index (κ2) is 7.41. The van der Waals surface area contributed by atoms with Crippen LogP contribution in [0.4, 0.5) is 0 Å². The summed E-state index contributed by atoms with van der Waals surface area (Å²) in [5.41, 5.74) is 0.808. The van der Waals surface area contributed by atoms with E-state index >= 15 is 0 Å². The van der Waals surface area contributed by atoms with Crippen LogP contribution in [0.15, 0.2) is 65.1 Å². The molecule has 0 spiro atoms. The van der Waals surface area contributed by atoms with Crippen LogP contribution in [0.25, 0.3) is 11.5 Å². The molecule has 0 unspecified atom stereocenters. The molecule has 6 nitrogen and oxygen atoms in total. The summed E-state index contributed by atoms with van der Waals surface area (Å²) in [7, 11) is 0. The zero-order valence-corrected chi connectivity index (χ0v) is 13.1. The molecule has 24 heavy (non-hydrogen) atoms. The summed E-state index contributed by atoms with van der Waals surface area (Å²) < 4.78 is 16.1. The number of hydrogen-bond donors (Lipinski definition) is 0. The molecule has 0 radical (unpaired) electrons. The SMILES string of the molecule is C[C@@H](OC(=O)COc1ccccc1)c1nnc(-c2ccccc2)o1. The Labute approximate surface area is 139 Å². The van der Waals surface area contributed by atoms with Gasteiger partial charge in [-0.25, -0.2) is 4.79 Å². The van der Waals surface area contributed by atoms with E-state index in [1.807, 2.05) is 48.5 Å². The molecule has 0 aliphatic carbocycles. The Morgan fingerprint density at radius 3 is 2.42 bits per heavy atom. The van der Waals surface area contributed by atoms with E-state index in [-0.39, 0.29) is 12.5 Å². The third-order valence-corrected chi connectivity index (χ3v) is 3.22. The number of para-hydroxylation sites is 1. The first-order valence-corrected chi connectivity index (χ1v) is 7.48. The Hall–Kier alpha value is -3.15. The van der Waals surface area contributed by atoms with Crippen LogP contribution >= 0.6 is 0 Å². The zero-order chi connectivity index (χ0) is 16.8. The fraction of sp³-hybridized carbons (Fsp3) is 0.167. The van der Waals surface area contributed by atoms with Gasteiger partial charge in [0, 0.05) is 5.56 Å². The van der Waals surface area contributed by atoms with Crippen molar-refractivity contribution in [2.45, 2.75) is 13.0 Å². The summed E-state index contributed by atoms with van der Waals surface area (Å²) in [6, 6.07) is 18.4. The molecule has 0 aliphatic heterocycles. The van der Waals surface area contributed by atoms with Gasteiger partial charge in [-0.1, -0.05) is 36.4 Å². The lowest BCUT2D eigenvalue weighted by Crippen LogP contribution is -2.17. The predicted molar refractivity (Wildman–Crippen MR) is 86.2 cm³/mol. The number of esters is 1. The lowest BCUT2D eigenvalue weighted by Gasteiger charge is -2.10. The minimum absolute atomic E-state index is 0.186. The van der Waals surface area contributed by atoms with E-state index in [1.54, 1.807) is 19.1 Å². The predicted octanol–water partition coefficient (Wildman–Crippen LogP) is 3.42. The van der Waals surface area contributed by atoms with Crippen molar-refractivity contribution in [3.8, 4) is 17.2 Å². The largest absolute Gasteiger partial charge is 0.482 e. The Balaban J connectivity index is 1.56. The van der Waals surface area contributed by atoms with Crippen LogP contribution in [0.1, 0.15) is 18.9 Å². The average Bonchev–Trinajstić information content (AvgIpc) is 3.12. The van der Waals surface area contributed by atoms with Gasteiger partial charge in [-0.15, -0.1) is 10.2 Å². The van der Waals surface area contributed by atoms with Gasteiger partial charge in [0.15, 0.2) is 12.7 Å². The number of rotatable bonds is 6. The van der Waals surface area contributed by atoms with Gasteiger partial charge in [-0.3, -0.25) is 0 Å². The van der Waals surface area contributed by atoms with Crippen LogP contribution < -0.4 is 4.74 Å². The fourth-order valence-corrected chi connectivity index (χ4v) is 2.04. The van der Waals surface area contributed by atoms with Crippen molar-refractivity contribution >= 4 is 5.97 Å². The van der Waals surface area contributed by atoms with E-state index < -0.39 is 12.1 Å². The topological polar surface area (TPSA) is 74.5 Å². The van der Waals surface area contributed by atoms with Crippen LogP contribution in [0.3, 0.4) is 0 Å². The number of nitrogens with zero attached hydrogens (tertiary/aromatic N) is 2. The molecular weight excluding hydrogens is 308 g/mol. The van der Waals surface area contributed by atoms with E-state index in [0.717, 1.165) is 5.56 Å². The number of ether oxygens (including phenoxy) is 2. The highest BCUT2D eigenvalue weighted by Gasteiger charge is 2.19. The molecule has 0 bridgehead atoms. The van der Waals surface area contributed by atoms with Crippen molar-refractivity contribution in [3.63, 3.8) is 0 Å². The molecule has 6 heteroatoms. The first kappa shape index (κ1) is 15.7. The van der Waals surface area contributed by atoms with E-state index in [4.69, 9.17) is 13.9 Å². The van der Waals surface area contributed by atoms with Gasteiger partial charge in [0.1, 0.15) is 5.75 Å². The van der Waals surface area contributed by atoms with Crippen LogP contribution in [0.5, 0.6) is 5.75 Å². The molecular formula is C18H16N2O4. The van der Waals surface area contributed by atoms with Crippen molar-refractivity contribution in [3.05, 3.63) is 66.6 Å². The van der Waals surface area contributed by atoms with Gasteiger partial charge in [0.2, 0.25) is 5.89 Å². The number of hydrogen-bond acceptors (Lipinski definition) is 6. The molecule has 0 amide bonds. The molecule has 3 rings (SSSR count).